The summed E-state index contributed by atoms with van der Waals surface area (Å²) in [6, 6.07) is 2.63. The van der Waals surface area contributed by atoms with Crippen molar-refractivity contribution in [1.82, 2.24) is 21.3 Å². The second-order valence-electron chi connectivity index (χ2n) is 12.6. The molecule has 2 saturated heterocycles. The Hall–Kier alpha value is -4.31. The smallest absolute Gasteiger partial charge is 0.315 e. The van der Waals surface area contributed by atoms with Crippen molar-refractivity contribution < 1.29 is 48.0 Å². The first-order chi connectivity index (χ1) is 26.0. The highest BCUT2D eigenvalue weighted by Gasteiger charge is 2.42. The molecule has 20 nitrogen and oxygen atoms in total. The third-order valence-corrected chi connectivity index (χ3v) is 10.0. The molecule has 0 bridgehead atoms. The first-order valence-electron chi connectivity index (χ1n) is 18.1. The lowest BCUT2D eigenvalue weighted by molar-refractivity contribution is -0.388. The van der Waals surface area contributed by atoms with E-state index in [1.165, 1.54) is 0 Å². The number of non-ortho nitro benzene ring substituents is 1. The van der Waals surface area contributed by atoms with E-state index in [4.69, 9.17) is 24.7 Å². The molecular formula is C33H52N8O12S. The number of urea groups is 1. The van der Waals surface area contributed by atoms with Gasteiger partial charge in [0.2, 0.25) is 17.7 Å². The second-order valence-corrected chi connectivity index (χ2v) is 13.8. The van der Waals surface area contributed by atoms with Gasteiger partial charge in [-0.2, -0.15) is 11.8 Å². The van der Waals surface area contributed by atoms with Crippen molar-refractivity contribution >= 4 is 52.6 Å². The Morgan fingerprint density at radius 1 is 0.852 bits per heavy atom. The number of nitro benzene ring substituents is 2. The van der Waals surface area contributed by atoms with Crippen molar-refractivity contribution in [3.8, 4) is 0 Å². The zero-order chi connectivity index (χ0) is 39.1. The lowest BCUT2D eigenvalue weighted by Gasteiger charge is -2.16. The van der Waals surface area contributed by atoms with Crippen molar-refractivity contribution in [3.63, 3.8) is 0 Å². The topological polar surface area (TPSA) is 278 Å². The fourth-order valence-electron chi connectivity index (χ4n) is 5.74. The number of primary amides is 1. The van der Waals surface area contributed by atoms with Gasteiger partial charge < -0.3 is 51.3 Å². The maximum Gasteiger partial charge on any atom is 0.315 e. The molecule has 2 aliphatic heterocycles. The summed E-state index contributed by atoms with van der Waals surface area (Å²) in [6.45, 7) is 3.22. The van der Waals surface area contributed by atoms with Crippen LogP contribution in [-0.2, 0) is 33.3 Å². The van der Waals surface area contributed by atoms with Crippen LogP contribution in [0.1, 0.15) is 51.4 Å². The molecule has 21 heteroatoms. The van der Waals surface area contributed by atoms with Crippen LogP contribution in [-0.4, -0.2) is 129 Å². The van der Waals surface area contributed by atoms with Crippen molar-refractivity contribution in [2.45, 2.75) is 74.7 Å². The summed E-state index contributed by atoms with van der Waals surface area (Å²) in [5.41, 5.74) is 4.86. The Bertz CT molecular complexity index is 1390. The summed E-state index contributed by atoms with van der Waals surface area (Å²) in [7, 11) is 0. The number of ether oxygens (including phenoxy) is 4. The summed E-state index contributed by atoms with van der Waals surface area (Å²) in [5, 5.41) is 36.8. The fourth-order valence-corrected chi connectivity index (χ4v) is 7.28. The SMILES string of the molecule is NC(=O)C(CCCCNc1cc([N+](=O)[O-])ccc1[N+](=O)[O-])NC(=O)CCOCCOCCOCCOCCNC(=O)CCCCC1SC[C@H]2NC(=O)N[C@@H]12. The number of carbonyl (C=O) groups is 4. The molecule has 3 rings (SSSR count). The quantitative estimate of drug-likeness (QED) is 0.0278. The number of nitrogens with two attached hydrogens (primary N) is 1. The van der Waals surface area contributed by atoms with Crippen LogP contribution in [0.25, 0.3) is 0 Å². The molecule has 0 aliphatic carbocycles. The van der Waals surface area contributed by atoms with E-state index >= 15 is 0 Å². The lowest BCUT2D eigenvalue weighted by Crippen LogP contribution is -2.44. The van der Waals surface area contributed by atoms with Gasteiger partial charge in [0.05, 0.1) is 74.8 Å². The predicted octanol–water partition coefficient (Wildman–Crippen LogP) is 1.35. The van der Waals surface area contributed by atoms with E-state index in [0.717, 1.165) is 43.2 Å². The molecule has 54 heavy (non-hydrogen) atoms. The van der Waals surface area contributed by atoms with Crippen LogP contribution in [0, 0.1) is 20.2 Å². The van der Waals surface area contributed by atoms with Gasteiger partial charge in [0, 0.05) is 55.1 Å². The second kappa shape index (κ2) is 24.9. The third-order valence-electron chi connectivity index (χ3n) is 8.54. The summed E-state index contributed by atoms with van der Waals surface area (Å²) < 4.78 is 21.8. The predicted molar refractivity (Wildman–Crippen MR) is 198 cm³/mol. The monoisotopic (exact) mass is 784 g/mol. The number of fused-ring (bicyclic) bond motifs is 1. The number of benzene rings is 1. The zero-order valence-electron chi connectivity index (χ0n) is 30.3. The number of rotatable bonds is 30. The Labute approximate surface area is 317 Å². The summed E-state index contributed by atoms with van der Waals surface area (Å²) in [5.74, 6) is -0.179. The zero-order valence-corrected chi connectivity index (χ0v) is 31.1. The van der Waals surface area contributed by atoms with Crippen LogP contribution in [0.5, 0.6) is 0 Å². The van der Waals surface area contributed by atoms with E-state index in [2.05, 4.69) is 26.6 Å². The number of hydrogen-bond donors (Lipinski definition) is 6. The van der Waals surface area contributed by atoms with Crippen molar-refractivity contribution in [2.75, 3.05) is 77.0 Å². The maximum absolute atomic E-state index is 12.3. The number of unbranched alkanes of at least 4 members (excludes halogenated alkanes) is 2. The van der Waals surface area contributed by atoms with Crippen LogP contribution >= 0.6 is 11.8 Å². The number of hydrogen-bond acceptors (Lipinski definition) is 14. The Kier molecular flexibility index (Phi) is 20.3. The van der Waals surface area contributed by atoms with Gasteiger partial charge in [0.15, 0.2) is 0 Å². The standard InChI is InChI=1S/C33H52N8O12S/c34-32(44)24(5-3-4-11-35-25-21-23(40(46)47)8-9-27(25)41(48)49)37-30(43)10-13-50-15-17-52-19-20-53-18-16-51-14-12-36-29(42)7-2-1-6-28-31-26(22-54-28)38-33(45)39-31/h8-9,21,24,26,28,31,35H,1-7,10-20,22H2,(H2,34,44)(H,36,42)(H,37,43)(H2,38,39,45)/t24?,26-,28?,31-/m1/s1. The molecule has 4 atom stereocenters. The molecule has 302 valence electrons. The first kappa shape index (κ1) is 44.1. The minimum Gasteiger partial charge on any atom is -0.379 e. The van der Waals surface area contributed by atoms with Gasteiger partial charge >= 0.3 is 6.03 Å². The lowest BCUT2D eigenvalue weighted by atomic mass is 10.0. The molecule has 2 heterocycles. The minimum absolute atomic E-state index is 0.000193. The molecule has 0 aromatic heterocycles. The summed E-state index contributed by atoms with van der Waals surface area (Å²) in [6.07, 6.45) is 4.34. The number of nitro groups is 2. The van der Waals surface area contributed by atoms with Crippen molar-refractivity contribution in [1.29, 1.82) is 0 Å². The highest BCUT2D eigenvalue weighted by atomic mass is 32.2. The van der Waals surface area contributed by atoms with Crippen LogP contribution < -0.4 is 32.3 Å². The minimum atomic E-state index is -0.905. The highest BCUT2D eigenvalue weighted by Crippen LogP contribution is 2.33. The van der Waals surface area contributed by atoms with Gasteiger partial charge in [-0.15, -0.1) is 0 Å². The number of anilines is 1. The molecule has 7 N–H and O–H groups in total. The summed E-state index contributed by atoms with van der Waals surface area (Å²) in [4.78, 5) is 68.5. The van der Waals surface area contributed by atoms with Crippen LogP contribution in [0.2, 0.25) is 0 Å². The molecule has 1 aromatic carbocycles. The number of amides is 5. The normalized spacial score (nSPS) is 17.9. The molecule has 0 radical (unpaired) electrons. The van der Waals surface area contributed by atoms with Gasteiger partial charge in [-0.05, 0) is 32.1 Å². The average molecular weight is 785 g/mol. The third kappa shape index (κ3) is 16.8. The Morgan fingerprint density at radius 2 is 1.54 bits per heavy atom. The van der Waals surface area contributed by atoms with E-state index in [-0.39, 0.29) is 73.7 Å². The molecule has 0 spiro atoms. The number of thioether (sulfide) groups is 1. The molecule has 2 aliphatic rings. The van der Waals surface area contributed by atoms with Crippen LogP contribution in [0.15, 0.2) is 18.2 Å². The van der Waals surface area contributed by atoms with E-state index in [1.807, 2.05) is 11.8 Å². The average Bonchev–Trinajstić information content (AvgIpc) is 3.69. The molecular weight excluding hydrogens is 732 g/mol. The summed E-state index contributed by atoms with van der Waals surface area (Å²) >= 11 is 1.88. The van der Waals surface area contributed by atoms with Gasteiger partial charge in [0.25, 0.3) is 11.4 Å². The maximum atomic E-state index is 12.3. The van der Waals surface area contributed by atoms with Gasteiger partial charge in [0.1, 0.15) is 11.7 Å². The van der Waals surface area contributed by atoms with E-state index in [0.29, 0.717) is 70.7 Å². The largest absolute Gasteiger partial charge is 0.379 e. The first-order valence-corrected chi connectivity index (χ1v) is 19.1. The Balaban J connectivity index is 1.07. The van der Waals surface area contributed by atoms with E-state index in [9.17, 15) is 39.4 Å². The van der Waals surface area contributed by atoms with Gasteiger partial charge in [-0.25, -0.2) is 4.79 Å². The molecule has 5 amide bonds. The fraction of sp³-hybridized carbons (Fsp3) is 0.697. The number of nitrogens with zero attached hydrogens (tertiary/aromatic N) is 2. The van der Waals surface area contributed by atoms with E-state index in [1.54, 1.807) is 0 Å². The van der Waals surface area contributed by atoms with Gasteiger partial charge in [-0.3, -0.25) is 34.6 Å². The highest BCUT2D eigenvalue weighted by molar-refractivity contribution is 8.00. The number of nitrogens with one attached hydrogen (secondary N) is 5. The Morgan fingerprint density at radius 3 is 2.20 bits per heavy atom. The van der Waals surface area contributed by atoms with Gasteiger partial charge in [-0.1, -0.05) is 6.42 Å². The number of carbonyl (C=O) groups excluding carboxylic acids is 4. The van der Waals surface area contributed by atoms with Crippen molar-refractivity contribution in [3.05, 3.63) is 38.4 Å². The molecule has 2 fully saturated rings. The van der Waals surface area contributed by atoms with Crippen LogP contribution in [0.3, 0.4) is 0 Å². The van der Waals surface area contributed by atoms with E-state index < -0.39 is 27.7 Å². The van der Waals surface area contributed by atoms with Crippen molar-refractivity contribution in [2.24, 2.45) is 5.73 Å². The molecule has 0 saturated carbocycles. The molecule has 1 aromatic rings. The van der Waals surface area contributed by atoms with Crippen LogP contribution in [0.4, 0.5) is 21.9 Å². The molecule has 2 unspecified atom stereocenters.